The van der Waals surface area contributed by atoms with Crippen LogP contribution in [0.3, 0.4) is 0 Å². The molecule has 5 N–H and O–H groups in total. The van der Waals surface area contributed by atoms with Gasteiger partial charge in [-0.1, -0.05) is 12.1 Å². The molecule has 0 aliphatic heterocycles. The number of hydrogen-bond donors (Lipinski definition) is 3. The van der Waals surface area contributed by atoms with E-state index in [2.05, 4.69) is 4.98 Å². The molecule has 12 heteroatoms. The average molecular weight is 480 g/mol. The van der Waals surface area contributed by atoms with Gasteiger partial charge < -0.3 is 20.8 Å². The highest BCUT2D eigenvalue weighted by atomic mass is 32.2. The van der Waals surface area contributed by atoms with Gasteiger partial charge in [0.05, 0.1) is 0 Å². The van der Waals surface area contributed by atoms with Gasteiger partial charge >= 0.3 is 10.1 Å². The summed E-state index contributed by atoms with van der Waals surface area (Å²) < 4.78 is 65.9. The van der Waals surface area contributed by atoms with Gasteiger partial charge in [0.2, 0.25) is 11.1 Å². The molecule has 3 rings (SSSR count). The van der Waals surface area contributed by atoms with Crippen molar-refractivity contribution in [3.8, 4) is 5.75 Å². The number of aromatic nitrogens is 2. The summed E-state index contributed by atoms with van der Waals surface area (Å²) in [7, 11) is -3.19. The first-order valence-electron chi connectivity index (χ1n) is 9.69. The van der Waals surface area contributed by atoms with Crippen LogP contribution in [0.1, 0.15) is 29.0 Å². The number of ether oxygens (including phenoxy) is 1. The Balaban J connectivity index is 1.88. The van der Waals surface area contributed by atoms with Gasteiger partial charge in [-0.25, -0.2) is 13.8 Å². The van der Waals surface area contributed by atoms with Crippen LogP contribution in [0.5, 0.6) is 5.75 Å². The maximum atomic E-state index is 13.5. The molecule has 3 aromatic rings. The Labute approximate surface area is 188 Å². The second-order valence-corrected chi connectivity index (χ2v) is 8.78. The number of benzene rings is 2. The molecular weight excluding hydrogens is 458 g/mol. The number of rotatable bonds is 9. The van der Waals surface area contributed by atoms with E-state index in [1.165, 1.54) is 23.7 Å². The molecule has 0 aliphatic rings. The molecule has 2 unspecified atom stereocenters. The lowest BCUT2D eigenvalue weighted by Gasteiger charge is -2.19. The van der Waals surface area contributed by atoms with Crippen molar-refractivity contribution in [2.45, 2.75) is 23.5 Å². The van der Waals surface area contributed by atoms with E-state index in [4.69, 9.17) is 16.2 Å². The molecule has 1 amide bonds. The first-order chi connectivity index (χ1) is 15.5. The number of carbonyl (C=O) groups is 1. The fourth-order valence-corrected chi connectivity index (χ4v) is 3.89. The molecule has 1 heterocycles. The third-order valence-corrected chi connectivity index (χ3v) is 5.65. The van der Waals surface area contributed by atoms with Gasteiger partial charge in [-0.3, -0.25) is 9.35 Å². The zero-order valence-corrected chi connectivity index (χ0v) is 18.3. The fourth-order valence-electron chi connectivity index (χ4n) is 3.39. The van der Waals surface area contributed by atoms with E-state index >= 15 is 0 Å². The highest BCUT2D eigenvalue weighted by Crippen LogP contribution is 2.28. The van der Waals surface area contributed by atoms with Crippen molar-refractivity contribution >= 4 is 16.0 Å². The number of hydrogen-bond acceptors (Lipinski definition) is 6. The van der Waals surface area contributed by atoms with Crippen LogP contribution in [-0.2, 0) is 28.4 Å². The summed E-state index contributed by atoms with van der Waals surface area (Å²) in [6.07, 6.45) is -0.192. The zero-order chi connectivity index (χ0) is 24.3. The number of primary amides is 1. The minimum Gasteiger partial charge on any atom is -0.473 e. The molecule has 0 bridgehead atoms. The summed E-state index contributed by atoms with van der Waals surface area (Å²) in [5.74, 6) is -2.58. The molecule has 0 spiro atoms. The maximum absolute atomic E-state index is 13.5. The maximum Gasteiger partial charge on any atom is 0.313 e. The van der Waals surface area contributed by atoms with Gasteiger partial charge in [0.1, 0.15) is 17.4 Å². The minimum absolute atomic E-state index is 0.133. The Hall–Kier alpha value is -3.35. The summed E-state index contributed by atoms with van der Waals surface area (Å²) in [6, 6.07) is 9.75. The van der Waals surface area contributed by atoms with E-state index in [0.29, 0.717) is 11.1 Å². The van der Waals surface area contributed by atoms with E-state index in [0.717, 1.165) is 12.3 Å². The van der Waals surface area contributed by atoms with Crippen LogP contribution in [0.15, 0.2) is 53.7 Å². The highest BCUT2D eigenvalue weighted by molar-refractivity contribution is 7.85. The van der Waals surface area contributed by atoms with Gasteiger partial charge in [-0.05, 0) is 48.4 Å². The van der Waals surface area contributed by atoms with Gasteiger partial charge in [-0.15, -0.1) is 0 Å². The van der Waals surface area contributed by atoms with E-state index < -0.39 is 38.8 Å². The second kappa shape index (κ2) is 9.65. The molecule has 0 fully saturated rings. The molecule has 9 nitrogen and oxygen atoms in total. The van der Waals surface area contributed by atoms with Crippen LogP contribution >= 0.6 is 0 Å². The van der Waals surface area contributed by atoms with Crippen LogP contribution in [0.4, 0.5) is 8.78 Å². The average Bonchev–Trinajstić information content (AvgIpc) is 3.11. The zero-order valence-electron chi connectivity index (χ0n) is 17.5. The van der Waals surface area contributed by atoms with Crippen molar-refractivity contribution < 1.29 is 31.3 Å². The monoisotopic (exact) mass is 480 g/mol. The van der Waals surface area contributed by atoms with Crippen molar-refractivity contribution in [2.24, 2.45) is 18.5 Å². The Bertz CT molecular complexity index is 1260. The van der Waals surface area contributed by atoms with Gasteiger partial charge in [0.25, 0.3) is 5.91 Å². The second-order valence-electron chi connectivity index (χ2n) is 7.41. The predicted octanol–water partition coefficient (Wildman–Crippen LogP) is 1.84. The number of amides is 1. The molecule has 0 saturated heterocycles. The van der Waals surface area contributed by atoms with Crippen LogP contribution in [0.2, 0.25) is 0 Å². The van der Waals surface area contributed by atoms with E-state index in [-0.39, 0.29) is 30.5 Å². The quantitative estimate of drug-likeness (QED) is 0.395. The smallest absolute Gasteiger partial charge is 0.313 e. The van der Waals surface area contributed by atoms with Crippen LogP contribution < -0.4 is 16.2 Å². The molecule has 0 saturated carbocycles. The summed E-state index contributed by atoms with van der Waals surface area (Å²) in [5.41, 5.74) is 12.4. The molecular formula is C21H22F2N4O5S. The normalized spacial score (nSPS) is 13.5. The van der Waals surface area contributed by atoms with Gasteiger partial charge in [0.15, 0.2) is 5.82 Å². The lowest BCUT2D eigenvalue weighted by molar-refractivity contribution is -0.125. The highest BCUT2D eigenvalue weighted by Gasteiger charge is 2.28. The fraction of sp³-hybridized carbons (Fsp3) is 0.238. The first-order valence-corrected chi connectivity index (χ1v) is 11.1. The molecule has 1 aromatic heterocycles. The number of aryl methyl sites for hydroxylation is 1. The first kappa shape index (κ1) is 24.3. The summed E-state index contributed by atoms with van der Waals surface area (Å²) in [6.45, 7) is 0.165. The Morgan fingerprint density at radius 3 is 2.42 bits per heavy atom. The lowest BCUT2D eigenvalue weighted by atomic mass is 9.92. The summed E-state index contributed by atoms with van der Waals surface area (Å²) >= 11 is 0. The summed E-state index contributed by atoms with van der Waals surface area (Å²) in [4.78, 5) is 15.8. The predicted molar refractivity (Wildman–Crippen MR) is 114 cm³/mol. The van der Waals surface area contributed by atoms with Crippen molar-refractivity contribution in [3.63, 3.8) is 0 Å². The van der Waals surface area contributed by atoms with Crippen molar-refractivity contribution in [2.75, 3.05) is 6.54 Å². The van der Waals surface area contributed by atoms with Gasteiger partial charge in [0, 0.05) is 25.2 Å². The molecule has 2 atom stereocenters. The van der Waals surface area contributed by atoms with Crippen molar-refractivity contribution in [1.82, 2.24) is 9.55 Å². The molecule has 0 radical (unpaired) electrons. The molecule has 33 heavy (non-hydrogen) atoms. The van der Waals surface area contributed by atoms with Crippen LogP contribution in [-0.4, -0.2) is 35.0 Å². The number of imidazole rings is 1. The molecule has 2 aromatic carbocycles. The molecule has 176 valence electrons. The van der Waals surface area contributed by atoms with Crippen LogP contribution in [0.25, 0.3) is 0 Å². The third kappa shape index (κ3) is 5.92. The van der Waals surface area contributed by atoms with Gasteiger partial charge in [-0.2, -0.15) is 8.42 Å². The topological polar surface area (TPSA) is 151 Å². The lowest BCUT2D eigenvalue weighted by Crippen LogP contribution is -2.28. The SMILES string of the molecule is Cn1cc(S(=O)(=O)O)nc1C(Oc1cccc(C(CN)Cc2cc(F)cc(F)c2)c1)C(N)=O. The number of halogens is 2. The van der Waals surface area contributed by atoms with E-state index in [1.54, 1.807) is 24.3 Å². The summed E-state index contributed by atoms with van der Waals surface area (Å²) in [5, 5.41) is -0.658. The number of nitrogens with two attached hydrogens (primary N) is 2. The van der Waals surface area contributed by atoms with Crippen LogP contribution in [0, 0.1) is 11.6 Å². The Morgan fingerprint density at radius 1 is 1.21 bits per heavy atom. The minimum atomic E-state index is -4.60. The molecule has 0 aliphatic carbocycles. The third-order valence-electron chi connectivity index (χ3n) is 4.92. The number of carbonyl (C=O) groups excluding carboxylic acids is 1. The largest absolute Gasteiger partial charge is 0.473 e. The number of nitrogens with zero attached hydrogens (tertiary/aromatic N) is 2. The Morgan fingerprint density at radius 2 is 1.88 bits per heavy atom. The standard InChI is InChI=1S/C21H22F2N4O5S/c1-27-11-18(33(29,30)31)26-21(27)19(20(25)28)32-17-4-2-3-13(8-17)14(10-24)5-12-6-15(22)9-16(23)7-12/h2-4,6-9,11,14,19H,5,10,24H2,1H3,(H2,25,28)(H,29,30,31). The van der Waals surface area contributed by atoms with Crippen molar-refractivity contribution in [1.29, 1.82) is 0 Å². The van der Waals surface area contributed by atoms with E-state index in [9.17, 15) is 26.5 Å². The van der Waals surface area contributed by atoms with E-state index in [1.807, 2.05) is 0 Å². The van der Waals surface area contributed by atoms with Crippen molar-refractivity contribution in [3.05, 3.63) is 77.2 Å². The Kier molecular flexibility index (Phi) is 7.10.